The van der Waals surface area contributed by atoms with Crippen LogP contribution in [-0.4, -0.2) is 19.2 Å². The van der Waals surface area contributed by atoms with Crippen LogP contribution >= 0.6 is 0 Å². The molecule has 0 atom stereocenters. The van der Waals surface area contributed by atoms with Crippen LogP contribution < -0.4 is 29.6 Å². The van der Waals surface area contributed by atoms with Gasteiger partial charge in [0, 0.05) is 6.26 Å². The number of benzene rings is 2. The van der Waals surface area contributed by atoms with Crippen molar-refractivity contribution in [1.29, 1.82) is 0 Å². The number of unbranched alkanes of at least 4 members (excludes halogenated alkanes) is 2. The Morgan fingerprint density at radius 2 is 1.10 bits per heavy atom. The number of rotatable bonds is 2. The third kappa shape index (κ3) is 15.8. The van der Waals surface area contributed by atoms with Gasteiger partial charge in [0.15, 0.2) is 0 Å². The van der Waals surface area contributed by atoms with Crippen LogP contribution in [0.2, 0.25) is 0 Å². The quantitative estimate of drug-likeness (QED) is 0.617. The minimum atomic E-state index is -3.92. The van der Waals surface area contributed by atoms with Crippen molar-refractivity contribution < 1.29 is 42.5 Å². The van der Waals surface area contributed by atoms with Crippen molar-refractivity contribution in [2.75, 3.05) is 6.26 Å². The number of fused-ring (bicyclic) bond motifs is 1. The first-order valence-electron chi connectivity index (χ1n) is 6.73. The van der Waals surface area contributed by atoms with Gasteiger partial charge in [0.2, 0.25) is 0 Å². The van der Waals surface area contributed by atoms with Gasteiger partial charge in [-0.3, -0.25) is 0 Å². The van der Waals surface area contributed by atoms with Gasteiger partial charge >= 0.3 is 29.6 Å². The maximum absolute atomic E-state index is 9.08. The van der Waals surface area contributed by atoms with E-state index in [0.29, 0.717) is 6.26 Å². The van der Waals surface area contributed by atoms with Gasteiger partial charge in [0.1, 0.15) is 0 Å². The van der Waals surface area contributed by atoms with Crippen LogP contribution in [0, 0.1) is 0 Å². The molecule has 2 rings (SSSR count). The predicted octanol–water partition coefficient (Wildman–Crippen LogP) is 1.20. The van der Waals surface area contributed by atoms with Crippen LogP contribution in [0.4, 0.5) is 0 Å². The zero-order valence-electron chi connectivity index (χ0n) is 13.4. The van der Waals surface area contributed by atoms with Crippen LogP contribution in [-0.2, 0) is 10.1 Å². The van der Waals surface area contributed by atoms with E-state index >= 15 is 0 Å². The molecule has 0 radical (unpaired) electrons. The Kier molecular flexibility index (Phi) is 14.5. The van der Waals surface area contributed by atoms with Gasteiger partial charge in [0.25, 0.3) is 0 Å². The van der Waals surface area contributed by atoms with Gasteiger partial charge in [-0.2, -0.15) is 0 Å². The molecular weight excluding hydrogens is 295 g/mol. The van der Waals surface area contributed by atoms with Gasteiger partial charge in [-0.05, 0) is 10.8 Å². The normalized spacial score (nSPS) is 9.52. The Hall–Kier alpha value is -0.390. The molecule has 0 N–H and O–H groups in total. The van der Waals surface area contributed by atoms with E-state index in [1.54, 1.807) is 0 Å². The molecule has 21 heavy (non-hydrogen) atoms. The van der Waals surface area contributed by atoms with E-state index in [2.05, 4.69) is 62.4 Å². The summed E-state index contributed by atoms with van der Waals surface area (Å²) in [5.41, 5.74) is 0. The Balaban J connectivity index is 0. The third-order valence-electron chi connectivity index (χ3n) is 2.37. The molecule has 0 amide bonds. The Bertz CT molecular complexity index is 507. The Morgan fingerprint density at radius 1 is 0.857 bits per heavy atom. The maximum Gasteiger partial charge on any atom is 1.00 e. The molecule has 0 fully saturated rings. The third-order valence-corrected chi connectivity index (χ3v) is 2.37. The van der Waals surface area contributed by atoms with Crippen LogP contribution in [0.5, 0.6) is 0 Å². The van der Waals surface area contributed by atoms with E-state index in [0.717, 1.165) is 0 Å². The molecule has 0 aliphatic carbocycles. The van der Waals surface area contributed by atoms with E-state index in [1.807, 2.05) is 0 Å². The Morgan fingerprint density at radius 3 is 1.24 bits per heavy atom. The fourth-order valence-corrected chi connectivity index (χ4v) is 1.49. The second-order valence-electron chi connectivity index (χ2n) is 4.40. The number of hydrogen-bond donors (Lipinski definition) is 0. The SMILES string of the molecule is CCCCC.CS(=O)(=O)[O-].[Na+].c1ccc2ccccc2c1. The minimum absolute atomic E-state index is 0. The van der Waals surface area contributed by atoms with Gasteiger partial charge < -0.3 is 4.55 Å². The first kappa shape index (κ1) is 22.9. The summed E-state index contributed by atoms with van der Waals surface area (Å²) in [4.78, 5) is 0. The van der Waals surface area contributed by atoms with Crippen molar-refractivity contribution in [3.05, 3.63) is 48.5 Å². The van der Waals surface area contributed by atoms with E-state index in [4.69, 9.17) is 13.0 Å². The van der Waals surface area contributed by atoms with Crippen molar-refractivity contribution in [3.63, 3.8) is 0 Å². The molecule has 0 unspecified atom stereocenters. The molecule has 0 saturated heterocycles. The smallest absolute Gasteiger partial charge is 0.748 e. The topological polar surface area (TPSA) is 57.2 Å². The van der Waals surface area contributed by atoms with Crippen molar-refractivity contribution in [1.82, 2.24) is 0 Å². The van der Waals surface area contributed by atoms with Crippen LogP contribution in [0.15, 0.2) is 48.5 Å². The van der Waals surface area contributed by atoms with Gasteiger partial charge in [0.05, 0.1) is 10.1 Å². The molecule has 0 aromatic heterocycles. The second-order valence-corrected chi connectivity index (χ2v) is 5.81. The standard InChI is InChI=1S/C10H8.C5H12.CH4O3S.Na/c1-2-6-10-8-4-3-7-9(10)5-1;1-3-5-4-2;1-5(2,3)4;/h1-8H;3-5H2,1-2H3;1H3,(H,2,3,4);/q;;;+1/p-1. The van der Waals surface area contributed by atoms with Crippen LogP contribution in [0.3, 0.4) is 0 Å². The molecule has 5 heteroatoms. The summed E-state index contributed by atoms with van der Waals surface area (Å²) >= 11 is 0. The average molecular weight is 318 g/mol. The van der Waals surface area contributed by atoms with E-state index < -0.39 is 10.1 Å². The summed E-state index contributed by atoms with van der Waals surface area (Å²) in [6.07, 6.45) is 4.68. The first-order chi connectivity index (χ1) is 9.38. The molecule has 2 aromatic rings. The Labute approximate surface area is 150 Å². The van der Waals surface area contributed by atoms with Crippen LogP contribution in [0.25, 0.3) is 10.8 Å². The summed E-state index contributed by atoms with van der Waals surface area (Å²) < 4.78 is 27.2. The first-order valence-corrected chi connectivity index (χ1v) is 8.54. The molecule has 2 aromatic carbocycles. The van der Waals surface area contributed by atoms with Gasteiger partial charge in [-0.25, -0.2) is 8.42 Å². The van der Waals surface area contributed by atoms with Gasteiger partial charge in [-0.1, -0.05) is 81.6 Å². The molecule has 0 saturated carbocycles. The summed E-state index contributed by atoms with van der Waals surface area (Å²) in [7, 11) is -3.92. The molecule has 112 valence electrons. The molecule has 0 aliphatic rings. The summed E-state index contributed by atoms with van der Waals surface area (Å²) in [5, 5.41) is 2.62. The number of hydrogen-bond acceptors (Lipinski definition) is 3. The van der Waals surface area contributed by atoms with E-state index in [9.17, 15) is 0 Å². The van der Waals surface area contributed by atoms with E-state index in [-0.39, 0.29) is 29.6 Å². The molecule has 0 aliphatic heterocycles. The zero-order valence-corrected chi connectivity index (χ0v) is 16.2. The molecule has 3 nitrogen and oxygen atoms in total. The summed E-state index contributed by atoms with van der Waals surface area (Å²) in [5.74, 6) is 0. The van der Waals surface area contributed by atoms with Crippen molar-refractivity contribution in [3.8, 4) is 0 Å². The molecule has 0 spiro atoms. The fraction of sp³-hybridized carbons (Fsp3) is 0.375. The predicted molar refractivity (Wildman–Crippen MR) is 84.8 cm³/mol. The molecular formula is C16H23NaO3S. The summed E-state index contributed by atoms with van der Waals surface area (Å²) in [6.45, 7) is 4.42. The van der Waals surface area contributed by atoms with Crippen molar-refractivity contribution >= 4 is 20.9 Å². The summed E-state index contributed by atoms with van der Waals surface area (Å²) in [6, 6.07) is 16.7. The maximum atomic E-state index is 9.08. The van der Waals surface area contributed by atoms with Crippen molar-refractivity contribution in [2.24, 2.45) is 0 Å². The molecule has 0 bridgehead atoms. The zero-order chi connectivity index (χ0) is 15.4. The largest absolute Gasteiger partial charge is 1.00 e. The molecule has 0 heterocycles. The average Bonchev–Trinajstić information content (AvgIpc) is 2.39. The second kappa shape index (κ2) is 13.3. The van der Waals surface area contributed by atoms with Crippen LogP contribution in [0.1, 0.15) is 33.1 Å². The van der Waals surface area contributed by atoms with E-state index in [1.165, 1.54) is 30.0 Å². The van der Waals surface area contributed by atoms with Gasteiger partial charge in [-0.15, -0.1) is 0 Å². The van der Waals surface area contributed by atoms with Crippen molar-refractivity contribution in [2.45, 2.75) is 33.1 Å². The fourth-order valence-electron chi connectivity index (χ4n) is 1.49. The minimum Gasteiger partial charge on any atom is -0.748 e. The monoisotopic (exact) mass is 318 g/mol.